The molecule has 0 spiro atoms. The first-order valence-corrected chi connectivity index (χ1v) is 31.6. The van der Waals surface area contributed by atoms with Gasteiger partial charge in [0.2, 0.25) is 0 Å². The molecule has 0 aromatic rings. The minimum absolute atomic E-state index is 0.102. The van der Waals surface area contributed by atoms with Gasteiger partial charge in [-0.1, -0.05) is 266 Å². The van der Waals surface area contributed by atoms with Gasteiger partial charge in [-0.15, -0.1) is 0 Å². The fourth-order valence-corrected chi connectivity index (χ4v) is 7.64. The van der Waals surface area contributed by atoms with Crippen LogP contribution in [0.25, 0.3) is 0 Å². The average molecular weight is 1110 g/mol. The second-order valence-corrected chi connectivity index (χ2v) is 19.9. The zero-order chi connectivity index (χ0) is 58.5. The number of ether oxygens (including phenoxy) is 3. The number of rotatable bonds is 54. The first-order valence-electron chi connectivity index (χ1n) is 31.6. The van der Waals surface area contributed by atoms with Gasteiger partial charge in [-0.05, 0) is 148 Å². The van der Waals surface area contributed by atoms with E-state index in [1.54, 1.807) is 6.08 Å². The molecule has 0 heterocycles. The van der Waals surface area contributed by atoms with Crippen LogP contribution in [0.15, 0.2) is 207 Å². The lowest BCUT2D eigenvalue weighted by Gasteiger charge is -2.18. The van der Waals surface area contributed by atoms with Crippen molar-refractivity contribution in [2.45, 2.75) is 232 Å². The van der Waals surface area contributed by atoms with Gasteiger partial charge < -0.3 is 14.2 Å². The Kier molecular flexibility index (Phi) is 61.6. The lowest BCUT2D eigenvalue weighted by atomic mass is 10.1. The van der Waals surface area contributed by atoms with Gasteiger partial charge >= 0.3 is 17.9 Å². The predicted octanol–water partition coefficient (Wildman–Crippen LogP) is 22.0. The van der Waals surface area contributed by atoms with Gasteiger partial charge in [0.1, 0.15) is 13.2 Å². The predicted molar refractivity (Wildman–Crippen MR) is 352 cm³/mol. The standard InChI is InChI=1S/C75H112O6/c1-4-7-10-13-16-19-22-25-28-30-32-33-34-35-36-37-38-39-40-41-43-44-47-50-53-56-59-62-65-68-74(77)80-71-72(70-79-73(76)67-64-61-58-55-52-49-46-27-24-21-18-15-12-9-6-3)81-75(78)69-66-63-60-57-54-51-48-45-42-31-29-26-23-20-17-14-11-8-5-2/h7,9-10,12,16-21,25-29,32-33,35-36,38-39,41-43,45-47,50,52,55-56,59,61,64,72H,4-6,8,11,13-15,22-24,30-31,34,37,40,44,48-49,51,53-54,57-58,60,62-63,65-71H2,1-3H3/b10-7-,12-9-,19-16-,20-17-,21-18-,28-25-,29-26-,33-32-,36-35-,39-38-,43-41-,45-42-,46-27-,50-47-,55-52-,59-56-,64-61-. The largest absolute Gasteiger partial charge is 0.462 e. The summed E-state index contributed by atoms with van der Waals surface area (Å²) in [5, 5.41) is 0. The highest BCUT2D eigenvalue weighted by atomic mass is 16.6. The van der Waals surface area contributed by atoms with Gasteiger partial charge in [0.25, 0.3) is 0 Å². The molecule has 6 nitrogen and oxygen atoms in total. The summed E-state index contributed by atoms with van der Waals surface area (Å²) in [5.41, 5.74) is 0. The molecular weight excluding hydrogens is 997 g/mol. The molecule has 6 heteroatoms. The van der Waals surface area contributed by atoms with Crippen molar-refractivity contribution in [1.29, 1.82) is 0 Å². The average Bonchev–Trinajstić information content (AvgIpc) is 3.47. The number of hydrogen-bond donors (Lipinski definition) is 0. The van der Waals surface area contributed by atoms with Crippen molar-refractivity contribution < 1.29 is 28.6 Å². The third-order valence-corrected chi connectivity index (χ3v) is 12.3. The van der Waals surface area contributed by atoms with Crippen LogP contribution in [0.1, 0.15) is 226 Å². The number of allylic oxidation sites excluding steroid dienone is 33. The maximum Gasteiger partial charge on any atom is 0.309 e. The van der Waals surface area contributed by atoms with E-state index in [2.05, 4.69) is 215 Å². The third kappa shape index (κ3) is 64.7. The molecule has 0 amide bonds. The molecule has 448 valence electrons. The van der Waals surface area contributed by atoms with Gasteiger partial charge in [0.15, 0.2) is 6.10 Å². The summed E-state index contributed by atoms with van der Waals surface area (Å²) in [6.07, 6.45) is 103. The first kappa shape index (κ1) is 75.0. The monoisotopic (exact) mass is 1110 g/mol. The zero-order valence-corrected chi connectivity index (χ0v) is 51.2. The van der Waals surface area contributed by atoms with Crippen molar-refractivity contribution in [2.75, 3.05) is 13.2 Å². The van der Waals surface area contributed by atoms with Crippen LogP contribution in [0.5, 0.6) is 0 Å². The summed E-state index contributed by atoms with van der Waals surface area (Å²) in [5.74, 6) is -1.17. The molecule has 0 saturated carbocycles. The van der Waals surface area contributed by atoms with Crippen molar-refractivity contribution in [3.63, 3.8) is 0 Å². The lowest BCUT2D eigenvalue weighted by molar-refractivity contribution is -0.166. The highest BCUT2D eigenvalue weighted by Gasteiger charge is 2.19. The minimum atomic E-state index is -0.863. The van der Waals surface area contributed by atoms with E-state index in [1.165, 1.54) is 38.5 Å². The number of carbonyl (C=O) groups is 3. The van der Waals surface area contributed by atoms with Gasteiger partial charge in [-0.3, -0.25) is 14.4 Å². The molecule has 0 aromatic heterocycles. The molecule has 0 fully saturated rings. The van der Waals surface area contributed by atoms with E-state index in [4.69, 9.17) is 14.2 Å². The Morgan fingerprint density at radius 1 is 0.272 bits per heavy atom. The van der Waals surface area contributed by atoms with E-state index in [0.717, 1.165) is 135 Å². The van der Waals surface area contributed by atoms with Crippen LogP contribution in [0.2, 0.25) is 0 Å². The molecule has 0 N–H and O–H groups in total. The van der Waals surface area contributed by atoms with E-state index in [-0.39, 0.29) is 44.4 Å². The summed E-state index contributed by atoms with van der Waals surface area (Å²) in [6.45, 7) is 6.21. The maximum atomic E-state index is 12.9. The van der Waals surface area contributed by atoms with Crippen molar-refractivity contribution in [1.82, 2.24) is 0 Å². The fourth-order valence-electron chi connectivity index (χ4n) is 7.64. The highest BCUT2D eigenvalue weighted by Crippen LogP contribution is 2.12. The summed E-state index contributed by atoms with van der Waals surface area (Å²) in [4.78, 5) is 38.2. The van der Waals surface area contributed by atoms with E-state index in [1.807, 2.05) is 6.08 Å². The zero-order valence-electron chi connectivity index (χ0n) is 51.2. The Morgan fingerprint density at radius 3 is 0.901 bits per heavy atom. The summed E-state index contributed by atoms with van der Waals surface area (Å²) >= 11 is 0. The molecular formula is C75H112O6. The number of carbonyl (C=O) groups excluding carboxylic acids is 3. The molecule has 1 atom stereocenters. The molecule has 0 aliphatic heterocycles. The van der Waals surface area contributed by atoms with Crippen LogP contribution in [0, 0.1) is 0 Å². The molecule has 0 saturated heterocycles. The van der Waals surface area contributed by atoms with Gasteiger partial charge in [0.05, 0.1) is 6.42 Å². The topological polar surface area (TPSA) is 78.9 Å². The molecule has 0 aliphatic carbocycles. The smallest absolute Gasteiger partial charge is 0.309 e. The van der Waals surface area contributed by atoms with Crippen molar-refractivity contribution >= 4 is 17.9 Å². The molecule has 1 unspecified atom stereocenters. The molecule has 0 rings (SSSR count). The Balaban J connectivity index is 4.60. The van der Waals surface area contributed by atoms with Gasteiger partial charge in [0, 0.05) is 12.8 Å². The number of unbranched alkanes of at least 4 members (excludes halogenated alkanes) is 10. The molecule has 0 radical (unpaired) electrons. The van der Waals surface area contributed by atoms with E-state index in [0.29, 0.717) is 12.8 Å². The van der Waals surface area contributed by atoms with Crippen LogP contribution >= 0.6 is 0 Å². The summed E-state index contributed by atoms with van der Waals surface area (Å²) < 4.78 is 16.7. The molecule has 0 aromatic carbocycles. The highest BCUT2D eigenvalue weighted by molar-refractivity contribution is 5.72. The summed E-state index contributed by atoms with van der Waals surface area (Å²) in [7, 11) is 0. The summed E-state index contributed by atoms with van der Waals surface area (Å²) in [6, 6.07) is 0. The van der Waals surface area contributed by atoms with Crippen LogP contribution in [-0.2, 0) is 28.6 Å². The van der Waals surface area contributed by atoms with Crippen LogP contribution in [-0.4, -0.2) is 37.2 Å². The Labute approximate surface area is 496 Å². The Hall–Kier alpha value is -6.01. The molecule has 0 aliphatic rings. The Morgan fingerprint density at radius 2 is 0.543 bits per heavy atom. The van der Waals surface area contributed by atoms with Crippen molar-refractivity contribution in [3.05, 3.63) is 207 Å². The fraction of sp³-hybridized carbons (Fsp3) is 0.507. The van der Waals surface area contributed by atoms with Crippen LogP contribution < -0.4 is 0 Å². The molecule has 81 heavy (non-hydrogen) atoms. The molecule has 0 bridgehead atoms. The van der Waals surface area contributed by atoms with Crippen molar-refractivity contribution in [3.8, 4) is 0 Å². The van der Waals surface area contributed by atoms with E-state index >= 15 is 0 Å². The van der Waals surface area contributed by atoms with Crippen LogP contribution in [0.4, 0.5) is 0 Å². The van der Waals surface area contributed by atoms with Crippen molar-refractivity contribution in [2.24, 2.45) is 0 Å². The number of hydrogen-bond acceptors (Lipinski definition) is 6. The third-order valence-electron chi connectivity index (χ3n) is 12.3. The number of esters is 3. The Bertz CT molecular complexity index is 2000. The van der Waals surface area contributed by atoms with Gasteiger partial charge in [-0.2, -0.15) is 0 Å². The van der Waals surface area contributed by atoms with Gasteiger partial charge in [-0.25, -0.2) is 0 Å². The second kappa shape index (κ2) is 66.5. The quantitative estimate of drug-likeness (QED) is 0.0261. The second-order valence-electron chi connectivity index (χ2n) is 19.9. The maximum absolute atomic E-state index is 12.9. The van der Waals surface area contributed by atoms with E-state index in [9.17, 15) is 14.4 Å². The SMILES string of the molecule is CC/C=C\C/C=C\C/C=C\C/C=C\C/C=C\C/C=C\C/C=C\C/C=C\C/C=C\CCCC(=O)OCC(COC(=O)C/C=C\C/C=C\C/C=C\C/C=C\C/C=C\CC)OC(=O)CCCCCCCC/C=C\C/C=C\C/C=C\CCCCC. The minimum Gasteiger partial charge on any atom is -0.462 e. The first-order chi connectivity index (χ1) is 40.0. The lowest BCUT2D eigenvalue weighted by Crippen LogP contribution is -2.30. The van der Waals surface area contributed by atoms with E-state index < -0.39 is 12.1 Å². The van der Waals surface area contributed by atoms with Crippen LogP contribution in [0.3, 0.4) is 0 Å². The normalized spacial score (nSPS) is 13.6.